The van der Waals surface area contributed by atoms with E-state index in [0.717, 1.165) is 49.2 Å². The van der Waals surface area contributed by atoms with E-state index in [0.29, 0.717) is 0 Å². The Morgan fingerprint density at radius 1 is 0.721 bits per heavy atom. The molecule has 5 aromatic rings. The highest BCUT2D eigenvalue weighted by Gasteiger charge is 2.60. The van der Waals surface area contributed by atoms with Crippen molar-refractivity contribution in [3.63, 3.8) is 0 Å². The lowest BCUT2D eigenvalue weighted by Crippen LogP contribution is -2.54. The molecule has 61 heavy (non-hydrogen) atoms. The fraction of sp³-hybridized carbons (Fsp3) is 0.333. The monoisotopic (exact) mass is 806 g/mol. The minimum Gasteiger partial charge on any atom is -0.335 e. The Morgan fingerprint density at radius 3 is 2.05 bits per heavy atom. The van der Waals surface area contributed by atoms with E-state index in [1.165, 1.54) is 92.2 Å². The summed E-state index contributed by atoms with van der Waals surface area (Å²) >= 11 is 0. The molecule has 2 nitrogen and oxygen atoms in total. The molecule has 5 atom stereocenters. The van der Waals surface area contributed by atoms with Crippen LogP contribution in [-0.4, -0.2) is 11.1 Å². The topological polar surface area (TPSA) is 6.48 Å². The Bertz CT molecular complexity index is 2810. The van der Waals surface area contributed by atoms with Crippen molar-refractivity contribution in [2.45, 2.75) is 115 Å². The van der Waals surface area contributed by atoms with Crippen molar-refractivity contribution in [2.24, 2.45) is 5.41 Å². The predicted molar refractivity (Wildman–Crippen MR) is 251 cm³/mol. The van der Waals surface area contributed by atoms with E-state index in [9.17, 15) is 8.78 Å². The summed E-state index contributed by atoms with van der Waals surface area (Å²) in [4.78, 5) is 4.95. The highest BCUT2D eigenvalue weighted by atomic mass is 19.1. The second kappa shape index (κ2) is 13.5. The molecule has 5 unspecified atom stereocenters. The Kier molecular flexibility index (Phi) is 8.51. The molecule has 0 aromatic heterocycles. The average Bonchev–Trinajstić information content (AvgIpc) is 3.58. The van der Waals surface area contributed by atoms with Crippen molar-refractivity contribution < 1.29 is 8.78 Å². The first-order chi connectivity index (χ1) is 29.4. The molecule has 3 fully saturated rings. The number of allylic oxidation sites excluding steroid dienone is 7. The third-order valence-electron chi connectivity index (χ3n) is 17.0. The predicted octanol–water partition coefficient (Wildman–Crippen LogP) is 15.3. The van der Waals surface area contributed by atoms with Gasteiger partial charge < -0.3 is 9.80 Å². The molecular formula is C57H56F2N2. The zero-order chi connectivity index (χ0) is 42.1. The Morgan fingerprint density at radius 2 is 1.36 bits per heavy atom. The number of hydrogen-bond acceptors (Lipinski definition) is 2. The lowest BCUT2D eigenvalue weighted by Gasteiger charge is -2.50. The minimum atomic E-state index is -0.217. The van der Waals surface area contributed by atoms with Gasteiger partial charge in [-0.25, -0.2) is 8.78 Å². The largest absolute Gasteiger partial charge is 0.335 e. The minimum absolute atomic E-state index is 0.0266. The van der Waals surface area contributed by atoms with Gasteiger partial charge in [0, 0.05) is 39.5 Å². The molecule has 0 bridgehead atoms. The van der Waals surface area contributed by atoms with E-state index < -0.39 is 0 Å². The molecule has 2 heterocycles. The van der Waals surface area contributed by atoms with Crippen LogP contribution in [0.3, 0.4) is 0 Å². The summed E-state index contributed by atoms with van der Waals surface area (Å²) < 4.78 is 28.4. The Labute approximate surface area is 360 Å². The van der Waals surface area contributed by atoms with Crippen molar-refractivity contribution in [1.82, 2.24) is 0 Å². The van der Waals surface area contributed by atoms with Crippen molar-refractivity contribution in [2.75, 3.05) is 9.80 Å². The molecule has 4 heteroatoms. The Balaban J connectivity index is 0.997. The average molecular weight is 807 g/mol. The van der Waals surface area contributed by atoms with Crippen LogP contribution >= 0.6 is 0 Å². The quantitative estimate of drug-likeness (QED) is 0.175. The third-order valence-corrected chi connectivity index (χ3v) is 17.0. The number of hydrogen-bond donors (Lipinski definition) is 0. The zero-order valence-electron chi connectivity index (χ0n) is 36.3. The van der Waals surface area contributed by atoms with Crippen LogP contribution < -0.4 is 9.80 Å². The summed E-state index contributed by atoms with van der Waals surface area (Å²) in [6, 6.07) is 30.8. The van der Waals surface area contributed by atoms with Crippen molar-refractivity contribution >= 4 is 45.1 Å². The van der Waals surface area contributed by atoms with Gasteiger partial charge in [0.05, 0.1) is 11.1 Å². The fourth-order valence-corrected chi connectivity index (χ4v) is 13.3. The first kappa shape index (κ1) is 38.4. The highest BCUT2D eigenvalue weighted by Crippen LogP contribution is 2.63. The summed E-state index contributed by atoms with van der Waals surface area (Å²) in [5.74, 6) is -0.269. The second-order valence-corrected chi connectivity index (χ2v) is 19.7. The number of anilines is 3. The van der Waals surface area contributed by atoms with Gasteiger partial charge in [-0.2, -0.15) is 0 Å². The maximum absolute atomic E-state index is 14.2. The molecule has 2 aliphatic heterocycles. The molecule has 0 spiro atoms. The number of benzene rings is 5. The molecule has 2 saturated carbocycles. The van der Waals surface area contributed by atoms with E-state index in [1.807, 2.05) is 24.3 Å². The van der Waals surface area contributed by atoms with Crippen LogP contribution in [-0.2, 0) is 11.8 Å². The molecule has 6 aliphatic rings. The molecule has 5 aromatic carbocycles. The number of nitrogens with zero attached hydrogens (tertiary/aromatic N) is 2. The van der Waals surface area contributed by atoms with Gasteiger partial charge in [-0.05, 0) is 174 Å². The van der Waals surface area contributed by atoms with Gasteiger partial charge in [0.15, 0.2) is 0 Å². The smallest absolute Gasteiger partial charge is 0.123 e. The third kappa shape index (κ3) is 5.23. The van der Waals surface area contributed by atoms with Crippen molar-refractivity contribution in [3.8, 4) is 0 Å². The van der Waals surface area contributed by atoms with E-state index in [1.54, 1.807) is 24.3 Å². The van der Waals surface area contributed by atoms with Crippen LogP contribution in [0.15, 0.2) is 133 Å². The number of fused-ring (bicyclic) bond motifs is 4. The van der Waals surface area contributed by atoms with Crippen molar-refractivity contribution in [3.05, 3.63) is 178 Å². The molecular weight excluding hydrogens is 751 g/mol. The van der Waals surface area contributed by atoms with Crippen LogP contribution in [0.4, 0.5) is 25.8 Å². The van der Waals surface area contributed by atoms with Crippen molar-refractivity contribution in [1.29, 1.82) is 0 Å². The van der Waals surface area contributed by atoms with E-state index >= 15 is 0 Å². The van der Waals surface area contributed by atoms with E-state index in [4.69, 9.17) is 6.58 Å². The zero-order valence-corrected chi connectivity index (χ0v) is 36.3. The first-order valence-corrected chi connectivity index (χ1v) is 22.7. The maximum Gasteiger partial charge on any atom is 0.123 e. The van der Waals surface area contributed by atoms with Gasteiger partial charge in [0.25, 0.3) is 0 Å². The normalized spacial score (nSPS) is 29.5. The number of rotatable bonds is 5. The van der Waals surface area contributed by atoms with Crippen LogP contribution in [0, 0.1) is 17.0 Å². The van der Waals surface area contributed by atoms with Gasteiger partial charge in [-0.3, -0.25) is 0 Å². The van der Waals surface area contributed by atoms with Crippen LogP contribution in [0.25, 0.3) is 28.0 Å². The van der Waals surface area contributed by atoms with Crippen LogP contribution in [0.1, 0.15) is 125 Å². The molecule has 0 amide bonds. The summed E-state index contributed by atoms with van der Waals surface area (Å²) in [5, 5.41) is 2.67. The highest BCUT2D eigenvalue weighted by molar-refractivity contribution is 6.08. The van der Waals surface area contributed by atoms with E-state index in [-0.39, 0.29) is 39.5 Å². The second-order valence-electron chi connectivity index (χ2n) is 19.7. The summed E-state index contributed by atoms with van der Waals surface area (Å²) in [6.07, 6.45) is 22.1. The lowest BCUT2D eigenvalue weighted by atomic mass is 9.61. The fourth-order valence-electron chi connectivity index (χ4n) is 13.3. The maximum atomic E-state index is 14.2. The summed E-state index contributed by atoms with van der Waals surface area (Å²) in [7, 11) is 0. The van der Waals surface area contributed by atoms with Crippen LogP contribution in [0.5, 0.6) is 0 Å². The summed E-state index contributed by atoms with van der Waals surface area (Å²) in [5.41, 5.74) is 15.9. The molecule has 308 valence electrons. The molecule has 1 saturated heterocycles. The van der Waals surface area contributed by atoms with Gasteiger partial charge in [-0.1, -0.05) is 107 Å². The molecule has 0 radical (unpaired) electrons. The molecule has 4 aliphatic carbocycles. The van der Waals surface area contributed by atoms with Gasteiger partial charge in [0.1, 0.15) is 11.6 Å². The SMILES string of the molecule is C=C1/C(=C\C(=C/C)c2ccc3c4c5c(ccc24)C=CC(c2ccc4c(c2)C2(C)CCCCC2(C)N4c2ccc(F)cc2)C5=CC3)C2(C)CCCCC2(C)N1c1ccc(F)cc1. The van der Waals surface area contributed by atoms with E-state index in [2.05, 4.69) is 117 Å². The van der Waals surface area contributed by atoms with Gasteiger partial charge in [0.2, 0.25) is 0 Å². The number of halogens is 2. The van der Waals surface area contributed by atoms with Gasteiger partial charge in [-0.15, -0.1) is 0 Å². The first-order valence-electron chi connectivity index (χ1n) is 22.7. The van der Waals surface area contributed by atoms with Gasteiger partial charge >= 0.3 is 0 Å². The van der Waals surface area contributed by atoms with Crippen LogP contribution in [0.2, 0.25) is 0 Å². The molecule has 0 N–H and O–H groups in total. The molecule has 11 rings (SSSR count). The summed E-state index contributed by atoms with van der Waals surface area (Å²) in [6.45, 7) is 16.7. The lowest BCUT2D eigenvalue weighted by molar-refractivity contribution is 0.160. The standard InChI is InChI=1S/C57H56F2N2/c1-7-37(34-49-36(2)60(43-21-17-41(58)18-22-43)56(5)32-10-8-30-54(49,56)3)45-25-12-38-15-28-48-46(26-13-39-14-27-47(45)52(38)53(39)48)40-16-29-51-50(35-40)55(4)31-9-11-33-57(55,6)61(51)44-23-19-42(59)20-24-44/h7,12-14,16-29,34-35,46H,2,8-11,15,30-33H2,1,3-6H3/b37-7+,49-34+. The Hall–Kier alpha value is -5.48.